The van der Waals surface area contributed by atoms with Crippen molar-refractivity contribution < 1.29 is 9.90 Å². The molecular weight excluding hydrogens is 288 g/mol. The van der Waals surface area contributed by atoms with E-state index in [-0.39, 0.29) is 5.91 Å². The Hall–Kier alpha value is -1.39. The van der Waals surface area contributed by atoms with E-state index in [0.717, 1.165) is 32.0 Å². The number of β-amino-alcohol motifs (C(OH)–C–C–N with tert-alkyl or cyclic N) is 1. The fraction of sp³-hybridized carbons (Fsp3) is 0.632. The highest BCUT2D eigenvalue weighted by Crippen LogP contribution is 2.22. The topological polar surface area (TPSA) is 43.8 Å². The van der Waals surface area contributed by atoms with Crippen molar-refractivity contribution >= 4 is 5.91 Å². The summed E-state index contributed by atoms with van der Waals surface area (Å²) in [6, 6.07) is 10.7. The summed E-state index contributed by atoms with van der Waals surface area (Å²) in [5, 5.41) is 10.2. The maximum atomic E-state index is 11.6. The number of aliphatic hydroxyl groups is 1. The molecule has 4 nitrogen and oxygen atoms in total. The molecule has 23 heavy (non-hydrogen) atoms. The minimum absolute atomic E-state index is 0.200. The van der Waals surface area contributed by atoms with E-state index in [9.17, 15) is 9.90 Å². The first-order valence-corrected chi connectivity index (χ1v) is 8.93. The fourth-order valence-electron chi connectivity index (χ4n) is 3.83. The Morgan fingerprint density at radius 2 is 1.83 bits per heavy atom. The molecule has 1 unspecified atom stereocenters. The molecule has 1 aromatic carbocycles. The van der Waals surface area contributed by atoms with Crippen LogP contribution in [-0.4, -0.2) is 59.6 Å². The molecular formula is C19H28N2O2. The number of piperidine rings is 1. The van der Waals surface area contributed by atoms with Crippen LogP contribution in [0.1, 0.15) is 31.2 Å². The summed E-state index contributed by atoms with van der Waals surface area (Å²) in [5.74, 6) is 0.955. The minimum Gasteiger partial charge on any atom is -0.390 e. The second-order valence-corrected chi connectivity index (χ2v) is 7.03. The third-order valence-corrected chi connectivity index (χ3v) is 5.15. The summed E-state index contributed by atoms with van der Waals surface area (Å²) in [5.41, 5.74) is 1.43. The molecule has 1 amide bonds. The zero-order valence-corrected chi connectivity index (χ0v) is 13.9. The van der Waals surface area contributed by atoms with E-state index in [0.29, 0.717) is 19.5 Å². The van der Waals surface area contributed by atoms with Crippen LogP contribution in [-0.2, 0) is 11.2 Å². The van der Waals surface area contributed by atoms with Crippen LogP contribution in [0, 0.1) is 5.92 Å². The summed E-state index contributed by atoms with van der Waals surface area (Å²) in [6.45, 7) is 4.13. The Morgan fingerprint density at radius 1 is 1.09 bits per heavy atom. The molecule has 0 spiro atoms. The van der Waals surface area contributed by atoms with Crippen molar-refractivity contribution in [1.82, 2.24) is 9.80 Å². The lowest BCUT2D eigenvalue weighted by molar-refractivity contribution is -0.129. The van der Waals surface area contributed by atoms with Gasteiger partial charge in [0, 0.05) is 26.1 Å². The Labute approximate surface area is 139 Å². The van der Waals surface area contributed by atoms with Crippen molar-refractivity contribution in [1.29, 1.82) is 0 Å². The summed E-state index contributed by atoms with van der Waals surface area (Å²) in [6.07, 6.45) is 4.74. The van der Waals surface area contributed by atoms with Gasteiger partial charge in [-0.05, 0) is 50.3 Å². The smallest absolute Gasteiger partial charge is 0.222 e. The molecule has 2 heterocycles. The van der Waals surface area contributed by atoms with E-state index in [1.54, 1.807) is 0 Å². The lowest BCUT2D eigenvalue weighted by atomic mass is 9.90. The summed E-state index contributed by atoms with van der Waals surface area (Å²) in [4.78, 5) is 15.8. The van der Waals surface area contributed by atoms with E-state index in [2.05, 4.69) is 35.2 Å². The molecule has 0 aliphatic carbocycles. The molecule has 2 fully saturated rings. The number of likely N-dealkylation sites (tertiary alicyclic amines) is 2. The van der Waals surface area contributed by atoms with E-state index < -0.39 is 6.10 Å². The lowest BCUT2D eigenvalue weighted by Gasteiger charge is -2.34. The van der Waals surface area contributed by atoms with Crippen LogP contribution in [0.25, 0.3) is 0 Å². The molecule has 0 saturated carbocycles. The van der Waals surface area contributed by atoms with Crippen LogP contribution >= 0.6 is 0 Å². The summed E-state index contributed by atoms with van der Waals surface area (Å²) >= 11 is 0. The second kappa shape index (κ2) is 7.93. The second-order valence-electron chi connectivity index (χ2n) is 7.03. The quantitative estimate of drug-likeness (QED) is 0.872. The Bertz CT molecular complexity index is 497. The van der Waals surface area contributed by atoms with Crippen LogP contribution < -0.4 is 0 Å². The number of benzene rings is 1. The molecule has 4 heteroatoms. The zero-order chi connectivity index (χ0) is 16.1. The van der Waals surface area contributed by atoms with Crippen LogP contribution in [0.2, 0.25) is 0 Å². The molecule has 3 rings (SSSR count). The highest BCUT2D eigenvalue weighted by molar-refractivity contribution is 5.78. The molecule has 0 aromatic heterocycles. The van der Waals surface area contributed by atoms with Crippen LogP contribution in [0.15, 0.2) is 30.3 Å². The highest BCUT2D eigenvalue weighted by atomic mass is 16.3. The fourth-order valence-corrected chi connectivity index (χ4v) is 3.83. The number of nitrogens with zero attached hydrogens (tertiary/aromatic N) is 2. The average Bonchev–Trinajstić information content (AvgIpc) is 2.95. The number of amides is 1. The maximum Gasteiger partial charge on any atom is 0.222 e. The molecule has 2 aliphatic rings. The number of aliphatic hydroxyl groups excluding tert-OH is 1. The average molecular weight is 316 g/mol. The molecule has 1 N–H and O–H groups in total. The van der Waals surface area contributed by atoms with Gasteiger partial charge in [-0.2, -0.15) is 0 Å². The zero-order valence-electron chi connectivity index (χ0n) is 13.9. The van der Waals surface area contributed by atoms with Gasteiger partial charge in [0.1, 0.15) is 0 Å². The first-order chi connectivity index (χ1) is 11.2. The van der Waals surface area contributed by atoms with Gasteiger partial charge in [-0.25, -0.2) is 0 Å². The van der Waals surface area contributed by atoms with Gasteiger partial charge < -0.3 is 14.9 Å². The first-order valence-electron chi connectivity index (χ1n) is 8.93. The van der Waals surface area contributed by atoms with Gasteiger partial charge in [-0.3, -0.25) is 4.79 Å². The number of hydrogen-bond donors (Lipinski definition) is 1. The van der Waals surface area contributed by atoms with Crippen molar-refractivity contribution in [3.63, 3.8) is 0 Å². The molecule has 126 valence electrons. The van der Waals surface area contributed by atoms with Gasteiger partial charge in [-0.1, -0.05) is 30.3 Å². The van der Waals surface area contributed by atoms with Crippen LogP contribution in [0.5, 0.6) is 0 Å². The normalized spacial score (nSPS) is 21.8. The Kier molecular flexibility index (Phi) is 5.68. The minimum atomic E-state index is -0.414. The van der Waals surface area contributed by atoms with Gasteiger partial charge in [0.25, 0.3) is 0 Å². The molecule has 1 aromatic rings. The number of hydrogen-bond acceptors (Lipinski definition) is 3. The van der Waals surface area contributed by atoms with E-state index in [1.165, 1.54) is 24.8 Å². The van der Waals surface area contributed by atoms with Gasteiger partial charge in [0.15, 0.2) is 0 Å². The van der Waals surface area contributed by atoms with Gasteiger partial charge in [-0.15, -0.1) is 0 Å². The third-order valence-electron chi connectivity index (χ3n) is 5.15. The van der Waals surface area contributed by atoms with Crippen molar-refractivity contribution in [2.75, 3.05) is 32.7 Å². The van der Waals surface area contributed by atoms with Crippen molar-refractivity contribution in [3.05, 3.63) is 35.9 Å². The Balaban J connectivity index is 1.38. The summed E-state index contributed by atoms with van der Waals surface area (Å²) < 4.78 is 0. The monoisotopic (exact) mass is 316 g/mol. The highest BCUT2D eigenvalue weighted by Gasteiger charge is 2.25. The van der Waals surface area contributed by atoms with Gasteiger partial charge in [0.2, 0.25) is 5.91 Å². The number of carbonyl (C=O) groups excluding carboxylic acids is 1. The molecule has 1 atom stereocenters. The van der Waals surface area contributed by atoms with E-state index in [1.807, 2.05) is 4.90 Å². The lowest BCUT2D eigenvalue weighted by Crippen LogP contribution is -2.43. The molecule has 2 aliphatic heterocycles. The van der Waals surface area contributed by atoms with Crippen molar-refractivity contribution in [2.45, 2.75) is 38.2 Å². The third kappa shape index (κ3) is 4.79. The molecule has 0 radical (unpaired) electrons. The molecule has 2 saturated heterocycles. The predicted octanol–water partition coefficient (Wildman–Crippen LogP) is 1.92. The van der Waals surface area contributed by atoms with Crippen LogP contribution in [0.3, 0.4) is 0 Å². The number of carbonyl (C=O) groups is 1. The first kappa shape index (κ1) is 16.5. The number of rotatable bonds is 6. The summed E-state index contributed by atoms with van der Waals surface area (Å²) in [7, 11) is 0. The SMILES string of the molecule is O=C1CCCN1CC(O)CN1CCC(Cc2ccccc2)CC1. The maximum absolute atomic E-state index is 11.6. The predicted molar refractivity (Wildman–Crippen MR) is 91.1 cm³/mol. The standard InChI is InChI=1S/C19H28N2O2/c22-18(15-21-10-4-7-19(21)23)14-20-11-8-17(9-12-20)13-16-5-2-1-3-6-16/h1-3,5-6,17-18,22H,4,7-15H2. The van der Waals surface area contributed by atoms with Crippen molar-refractivity contribution in [3.8, 4) is 0 Å². The Morgan fingerprint density at radius 3 is 2.48 bits per heavy atom. The van der Waals surface area contributed by atoms with Gasteiger partial charge >= 0.3 is 0 Å². The van der Waals surface area contributed by atoms with Crippen molar-refractivity contribution in [2.24, 2.45) is 5.92 Å². The molecule has 0 bridgehead atoms. The largest absolute Gasteiger partial charge is 0.390 e. The van der Waals surface area contributed by atoms with Gasteiger partial charge in [0.05, 0.1) is 6.10 Å². The van der Waals surface area contributed by atoms with E-state index >= 15 is 0 Å². The van der Waals surface area contributed by atoms with E-state index in [4.69, 9.17) is 0 Å². The van der Waals surface area contributed by atoms with Crippen LogP contribution in [0.4, 0.5) is 0 Å².